The van der Waals surface area contributed by atoms with Crippen molar-refractivity contribution in [2.75, 3.05) is 11.5 Å². The molecule has 2 aromatic carbocycles. The molecule has 1 fully saturated rings. The van der Waals surface area contributed by atoms with Gasteiger partial charge in [-0.1, -0.05) is 12.1 Å². The summed E-state index contributed by atoms with van der Waals surface area (Å²) in [5.41, 5.74) is 1.25. The number of nitrogens with zero attached hydrogens (tertiary/aromatic N) is 1. The Balaban J connectivity index is 1.76. The first-order valence-corrected chi connectivity index (χ1v) is 10.4. The number of ether oxygens (including phenoxy) is 2. The number of H-pyrrole nitrogens is 1. The predicted molar refractivity (Wildman–Crippen MR) is 118 cm³/mol. The molecule has 1 saturated carbocycles. The van der Waals surface area contributed by atoms with Crippen LogP contribution in [0.3, 0.4) is 0 Å². The van der Waals surface area contributed by atoms with E-state index in [0.29, 0.717) is 29.5 Å². The second kappa shape index (κ2) is 9.72. The van der Waals surface area contributed by atoms with E-state index in [1.54, 1.807) is 41.3 Å². The standard InChI is InChI=1S/C24H22F2N2O5/c25-24(26)33-20-9-8-19(12-21(20)32-14-15-6-7-15)28(13-17-4-2-10-27-22(17)29)18-5-1-3-16(11-18)23(30)31/h1-5,8-12,15,24H,6-7,13-14H2,(H,27,29)(H,30,31). The number of carboxylic acid groups (broad SMARTS) is 1. The fourth-order valence-electron chi connectivity index (χ4n) is 3.35. The minimum atomic E-state index is -3.01. The fourth-order valence-corrected chi connectivity index (χ4v) is 3.35. The Hall–Kier alpha value is -3.88. The molecule has 0 radical (unpaired) electrons. The van der Waals surface area contributed by atoms with Gasteiger partial charge in [0, 0.05) is 29.2 Å². The molecule has 1 aliphatic carbocycles. The van der Waals surface area contributed by atoms with Crippen LogP contribution in [0.2, 0.25) is 0 Å². The van der Waals surface area contributed by atoms with Crippen LogP contribution in [-0.4, -0.2) is 29.3 Å². The molecule has 1 aromatic heterocycles. The number of halogens is 2. The quantitative estimate of drug-likeness (QED) is 0.455. The minimum Gasteiger partial charge on any atom is -0.489 e. The number of nitrogens with one attached hydrogen (secondary N) is 1. The molecule has 0 bridgehead atoms. The lowest BCUT2D eigenvalue weighted by molar-refractivity contribution is -0.0515. The summed E-state index contributed by atoms with van der Waals surface area (Å²) in [7, 11) is 0. The normalized spacial score (nSPS) is 13.1. The zero-order chi connectivity index (χ0) is 23.4. The molecule has 0 saturated heterocycles. The summed E-state index contributed by atoms with van der Waals surface area (Å²) in [5, 5.41) is 9.41. The first-order valence-electron chi connectivity index (χ1n) is 10.4. The van der Waals surface area contributed by atoms with Crippen LogP contribution in [0.1, 0.15) is 28.8 Å². The monoisotopic (exact) mass is 456 g/mol. The number of carbonyl (C=O) groups is 1. The Bertz CT molecular complexity index is 1190. The third-order valence-electron chi connectivity index (χ3n) is 5.26. The number of aromatic carboxylic acids is 1. The average molecular weight is 456 g/mol. The van der Waals surface area contributed by atoms with E-state index in [9.17, 15) is 23.5 Å². The number of alkyl halides is 2. The highest BCUT2D eigenvalue weighted by atomic mass is 19.3. The van der Waals surface area contributed by atoms with Gasteiger partial charge in [0.05, 0.1) is 18.7 Å². The van der Waals surface area contributed by atoms with Crippen molar-refractivity contribution >= 4 is 17.3 Å². The molecule has 7 nitrogen and oxygen atoms in total. The smallest absolute Gasteiger partial charge is 0.387 e. The Morgan fingerprint density at radius 3 is 2.58 bits per heavy atom. The van der Waals surface area contributed by atoms with Crippen molar-refractivity contribution in [1.29, 1.82) is 0 Å². The largest absolute Gasteiger partial charge is 0.489 e. The summed E-state index contributed by atoms with van der Waals surface area (Å²) in [5.74, 6) is -0.643. The maximum Gasteiger partial charge on any atom is 0.387 e. The molecular formula is C24H22F2N2O5. The van der Waals surface area contributed by atoms with Crippen molar-refractivity contribution in [1.82, 2.24) is 4.98 Å². The Kier molecular flexibility index (Phi) is 6.58. The van der Waals surface area contributed by atoms with Crippen molar-refractivity contribution in [2.24, 2.45) is 5.92 Å². The Morgan fingerprint density at radius 1 is 1.09 bits per heavy atom. The number of pyridine rings is 1. The molecular weight excluding hydrogens is 434 g/mol. The van der Waals surface area contributed by atoms with Gasteiger partial charge < -0.3 is 24.5 Å². The topological polar surface area (TPSA) is 91.9 Å². The first kappa shape index (κ1) is 22.3. The van der Waals surface area contributed by atoms with E-state index in [1.165, 1.54) is 24.4 Å². The summed E-state index contributed by atoms with van der Waals surface area (Å²) < 4.78 is 36.2. The SMILES string of the molecule is O=C(O)c1cccc(N(Cc2ccc[nH]c2=O)c2ccc(OC(F)F)c(OCC3CC3)c2)c1. The van der Waals surface area contributed by atoms with Gasteiger partial charge in [-0.2, -0.15) is 8.78 Å². The molecule has 9 heteroatoms. The predicted octanol–water partition coefficient (Wildman–Crippen LogP) is 4.80. The van der Waals surface area contributed by atoms with Gasteiger partial charge in [-0.25, -0.2) is 4.79 Å². The summed E-state index contributed by atoms with van der Waals surface area (Å²) in [6, 6.07) is 14.1. The number of hydrogen-bond acceptors (Lipinski definition) is 5. The van der Waals surface area contributed by atoms with Crippen LogP contribution in [0.15, 0.2) is 65.6 Å². The van der Waals surface area contributed by atoms with E-state index in [4.69, 9.17) is 4.74 Å². The van der Waals surface area contributed by atoms with Gasteiger partial charge in [0.2, 0.25) is 0 Å². The maximum atomic E-state index is 12.9. The molecule has 1 heterocycles. The van der Waals surface area contributed by atoms with Crippen molar-refractivity contribution in [3.8, 4) is 11.5 Å². The lowest BCUT2D eigenvalue weighted by Crippen LogP contribution is -2.23. The van der Waals surface area contributed by atoms with Gasteiger partial charge >= 0.3 is 12.6 Å². The number of aromatic amines is 1. The van der Waals surface area contributed by atoms with Gasteiger partial charge in [0.25, 0.3) is 5.56 Å². The van der Waals surface area contributed by atoms with Crippen LogP contribution < -0.4 is 19.9 Å². The van der Waals surface area contributed by atoms with Crippen molar-refractivity contribution in [2.45, 2.75) is 26.0 Å². The van der Waals surface area contributed by atoms with Crippen molar-refractivity contribution < 1.29 is 28.2 Å². The van der Waals surface area contributed by atoms with E-state index in [1.807, 2.05) is 0 Å². The van der Waals surface area contributed by atoms with Crippen LogP contribution in [0.25, 0.3) is 0 Å². The molecule has 3 aromatic rings. The van der Waals surface area contributed by atoms with Crippen LogP contribution in [0.5, 0.6) is 11.5 Å². The van der Waals surface area contributed by atoms with Gasteiger partial charge in [0.1, 0.15) is 0 Å². The Labute approximate surface area is 188 Å². The lowest BCUT2D eigenvalue weighted by Gasteiger charge is -2.26. The van der Waals surface area contributed by atoms with Crippen molar-refractivity contribution in [3.63, 3.8) is 0 Å². The number of aromatic nitrogens is 1. The molecule has 0 aliphatic heterocycles. The molecule has 0 unspecified atom stereocenters. The number of anilines is 2. The van der Waals surface area contributed by atoms with Crippen LogP contribution in [0.4, 0.5) is 20.2 Å². The molecule has 4 rings (SSSR count). The van der Waals surface area contributed by atoms with Gasteiger partial charge in [-0.15, -0.1) is 0 Å². The van der Waals surface area contributed by atoms with E-state index >= 15 is 0 Å². The minimum absolute atomic E-state index is 0.0716. The van der Waals surface area contributed by atoms with Gasteiger partial charge in [-0.05, 0) is 55.2 Å². The van der Waals surface area contributed by atoms with Gasteiger partial charge in [-0.3, -0.25) is 4.79 Å². The highest BCUT2D eigenvalue weighted by Crippen LogP contribution is 2.38. The van der Waals surface area contributed by atoms with E-state index in [0.717, 1.165) is 12.8 Å². The molecule has 0 spiro atoms. The van der Waals surface area contributed by atoms with Crippen LogP contribution in [-0.2, 0) is 6.54 Å². The van der Waals surface area contributed by atoms with Crippen LogP contribution >= 0.6 is 0 Å². The summed E-state index contributed by atoms with van der Waals surface area (Å²) in [6.07, 6.45) is 3.56. The van der Waals surface area contributed by atoms with E-state index in [2.05, 4.69) is 9.72 Å². The summed E-state index contributed by atoms with van der Waals surface area (Å²) in [4.78, 5) is 28.1. The zero-order valence-electron chi connectivity index (χ0n) is 17.5. The van der Waals surface area contributed by atoms with Crippen molar-refractivity contribution in [3.05, 3.63) is 82.3 Å². The Morgan fingerprint density at radius 2 is 1.88 bits per heavy atom. The number of carboxylic acids is 1. The molecule has 1 aliphatic rings. The second-order valence-corrected chi connectivity index (χ2v) is 7.73. The van der Waals surface area contributed by atoms with Crippen LogP contribution in [0, 0.1) is 5.92 Å². The second-order valence-electron chi connectivity index (χ2n) is 7.73. The molecule has 33 heavy (non-hydrogen) atoms. The lowest BCUT2D eigenvalue weighted by atomic mass is 10.1. The molecule has 172 valence electrons. The molecule has 0 amide bonds. The van der Waals surface area contributed by atoms with E-state index in [-0.39, 0.29) is 29.2 Å². The first-order chi connectivity index (χ1) is 15.9. The number of rotatable bonds is 10. The third kappa shape index (κ3) is 5.68. The highest BCUT2D eigenvalue weighted by molar-refractivity contribution is 5.89. The molecule has 0 atom stereocenters. The zero-order valence-corrected chi connectivity index (χ0v) is 17.5. The van der Waals surface area contributed by atoms with E-state index < -0.39 is 12.6 Å². The molecule has 2 N–H and O–H groups in total. The maximum absolute atomic E-state index is 12.9. The third-order valence-corrected chi connectivity index (χ3v) is 5.26. The number of benzene rings is 2. The van der Waals surface area contributed by atoms with Gasteiger partial charge in [0.15, 0.2) is 11.5 Å². The fraction of sp³-hybridized carbons (Fsp3) is 0.250. The average Bonchev–Trinajstić information content (AvgIpc) is 3.62. The summed E-state index contributed by atoms with van der Waals surface area (Å²) in [6.45, 7) is -2.52. The number of hydrogen-bond donors (Lipinski definition) is 2. The highest BCUT2D eigenvalue weighted by Gasteiger charge is 2.24. The summed E-state index contributed by atoms with van der Waals surface area (Å²) >= 11 is 0.